The van der Waals surface area contributed by atoms with E-state index in [1.807, 2.05) is 20.1 Å². The number of hydrogen-bond donors (Lipinski definition) is 1. The Morgan fingerprint density at radius 3 is 2.85 bits per heavy atom. The maximum Gasteiger partial charge on any atom is 0.0833 e. The van der Waals surface area contributed by atoms with E-state index in [9.17, 15) is 5.11 Å². The van der Waals surface area contributed by atoms with Crippen molar-refractivity contribution in [2.45, 2.75) is 57.3 Å². The number of rotatable bonds is 4. The molecule has 3 heterocycles. The van der Waals surface area contributed by atoms with Crippen molar-refractivity contribution >= 4 is 6.21 Å². The van der Waals surface area contributed by atoms with Crippen LogP contribution in [0.25, 0.3) is 0 Å². The third kappa shape index (κ3) is 4.28. The Morgan fingerprint density at radius 1 is 1.26 bits per heavy atom. The molecule has 4 heteroatoms. The Morgan fingerprint density at radius 2 is 2.07 bits per heavy atom. The van der Waals surface area contributed by atoms with Gasteiger partial charge in [0.25, 0.3) is 0 Å². The maximum atomic E-state index is 10.6. The zero-order valence-corrected chi connectivity index (χ0v) is 16.8. The minimum Gasteiger partial charge on any atom is -0.390 e. The second kappa shape index (κ2) is 8.02. The van der Waals surface area contributed by atoms with E-state index in [1.165, 1.54) is 31.5 Å². The Labute approximate surface area is 163 Å². The van der Waals surface area contributed by atoms with Crippen molar-refractivity contribution in [3.8, 4) is 0 Å². The SMILES string of the molecule is CC(C)(O)C1C=CC2OCC3N=CC=CC3/C(=C\CCN3CCCC3)C2C1. The molecule has 4 rings (SSSR count). The van der Waals surface area contributed by atoms with E-state index in [0.717, 1.165) is 19.4 Å². The smallest absolute Gasteiger partial charge is 0.0833 e. The van der Waals surface area contributed by atoms with Gasteiger partial charge in [0.05, 0.1) is 24.4 Å². The molecule has 0 radical (unpaired) electrons. The molecule has 0 saturated carbocycles. The molecule has 1 N–H and O–H groups in total. The van der Waals surface area contributed by atoms with Crippen molar-refractivity contribution in [1.82, 2.24) is 4.90 Å². The van der Waals surface area contributed by atoms with E-state index >= 15 is 0 Å². The van der Waals surface area contributed by atoms with Gasteiger partial charge in [-0.1, -0.05) is 29.9 Å². The van der Waals surface area contributed by atoms with Crippen molar-refractivity contribution < 1.29 is 9.84 Å². The van der Waals surface area contributed by atoms with Crippen LogP contribution in [0.5, 0.6) is 0 Å². The molecule has 2 saturated heterocycles. The normalized spacial score (nSPS) is 38.0. The van der Waals surface area contributed by atoms with Crippen molar-refractivity contribution in [2.75, 3.05) is 26.2 Å². The molecule has 0 aromatic heterocycles. The number of ether oxygens (including phenoxy) is 1. The molecule has 5 atom stereocenters. The van der Waals surface area contributed by atoms with E-state index in [0.29, 0.717) is 18.4 Å². The summed E-state index contributed by atoms with van der Waals surface area (Å²) in [5, 5.41) is 10.6. The number of likely N-dealkylation sites (tertiary alicyclic amines) is 1. The fraction of sp³-hybridized carbons (Fsp3) is 0.696. The Balaban J connectivity index is 1.58. The van der Waals surface area contributed by atoms with Crippen LogP contribution in [0.2, 0.25) is 0 Å². The van der Waals surface area contributed by atoms with Gasteiger partial charge in [0.15, 0.2) is 0 Å². The summed E-state index contributed by atoms with van der Waals surface area (Å²) in [7, 11) is 0. The highest BCUT2D eigenvalue weighted by Crippen LogP contribution is 2.43. The molecule has 4 aliphatic rings. The van der Waals surface area contributed by atoms with E-state index in [-0.39, 0.29) is 18.1 Å². The van der Waals surface area contributed by atoms with Crippen LogP contribution in [0.4, 0.5) is 0 Å². The van der Waals surface area contributed by atoms with Gasteiger partial charge in [0.1, 0.15) is 0 Å². The second-order valence-electron chi connectivity index (χ2n) is 9.10. The summed E-state index contributed by atoms with van der Waals surface area (Å²) in [5.74, 6) is 0.826. The van der Waals surface area contributed by atoms with Gasteiger partial charge in [-0.05, 0) is 58.7 Å². The van der Waals surface area contributed by atoms with E-state index in [2.05, 4.69) is 35.3 Å². The van der Waals surface area contributed by atoms with E-state index < -0.39 is 5.60 Å². The minimum atomic E-state index is -0.700. The Kier molecular flexibility index (Phi) is 5.68. The first-order chi connectivity index (χ1) is 13.0. The maximum absolute atomic E-state index is 10.6. The van der Waals surface area contributed by atoms with Crippen LogP contribution in [-0.4, -0.2) is 60.2 Å². The van der Waals surface area contributed by atoms with Crippen molar-refractivity contribution in [1.29, 1.82) is 0 Å². The molecule has 0 bridgehead atoms. The Hall–Kier alpha value is -1.23. The van der Waals surface area contributed by atoms with Crippen molar-refractivity contribution in [2.24, 2.45) is 22.7 Å². The van der Waals surface area contributed by atoms with Crippen molar-refractivity contribution in [3.63, 3.8) is 0 Å². The molecule has 2 fully saturated rings. The molecule has 148 valence electrons. The van der Waals surface area contributed by atoms with Gasteiger partial charge in [0, 0.05) is 30.5 Å². The van der Waals surface area contributed by atoms with Crippen molar-refractivity contribution in [3.05, 3.63) is 36.0 Å². The van der Waals surface area contributed by atoms with Gasteiger partial charge in [-0.3, -0.25) is 4.99 Å². The standard InChI is InChI=1S/C23H34N2O2/c1-23(2,26)17-9-10-22-20(15-17)18(8-6-14-25-12-3-4-13-25)19-7-5-11-24-21(19)16-27-22/h5,7-11,17,19-22,26H,3-4,6,12-16H2,1-2H3/b18-8+. The number of allylic oxidation sites excluding steroid dienone is 1. The predicted molar refractivity (Wildman–Crippen MR) is 110 cm³/mol. The lowest BCUT2D eigenvalue weighted by Crippen LogP contribution is -2.38. The van der Waals surface area contributed by atoms with Gasteiger partial charge in [-0.25, -0.2) is 0 Å². The number of fused-ring (bicyclic) bond motifs is 2. The first-order valence-electron chi connectivity index (χ1n) is 10.7. The molecule has 27 heavy (non-hydrogen) atoms. The minimum absolute atomic E-state index is 0.107. The molecular weight excluding hydrogens is 336 g/mol. The fourth-order valence-electron chi connectivity index (χ4n) is 5.08. The summed E-state index contributed by atoms with van der Waals surface area (Å²) in [6.07, 6.45) is 18.0. The van der Waals surface area contributed by atoms with Crippen LogP contribution >= 0.6 is 0 Å². The summed E-state index contributed by atoms with van der Waals surface area (Å²) in [6.45, 7) is 8.16. The van der Waals surface area contributed by atoms with E-state index in [1.54, 1.807) is 0 Å². The molecule has 3 aliphatic heterocycles. The summed E-state index contributed by atoms with van der Waals surface area (Å²) in [5.41, 5.74) is 0.780. The Bertz CT molecular complexity index is 637. The van der Waals surface area contributed by atoms with Gasteiger partial charge in [-0.15, -0.1) is 0 Å². The summed E-state index contributed by atoms with van der Waals surface area (Å²) < 4.78 is 6.28. The molecule has 0 spiro atoms. The molecule has 0 aromatic rings. The van der Waals surface area contributed by atoms with Crippen LogP contribution in [0.1, 0.15) is 39.5 Å². The average Bonchev–Trinajstić information content (AvgIpc) is 3.11. The lowest BCUT2D eigenvalue weighted by Gasteiger charge is -2.38. The zero-order valence-electron chi connectivity index (χ0n) is 16.8. The predicted octanol–water partition coefficient (Wildman–Crippen LogP) is 3.39. The molecule has 1 aliphatic carbocycles. The lowest BCUT2D eigenvalue weighted by atomic mass is 9.71. The van der Waals surface area contributed by atoms with Crippen LogP contribution in [0, 0.1) is 17.8 Å². The fourth-order valence-corrected chi connectivity index (χ4v) is 5.08. The highest BCUT2D eigenvalue weighted by molar-refractivity contribution is 5.72. The quantitative estimate of drug-likeness (QED) is 0.772. The zero-order chi connectivity index (χ0) is 18.9. The number of hydrogen-bond acceptors (Lipinski definition) is 4. The number of dihydropyridines is 1. The average molecular weight is 371 g/mol. The first-order valence-corrected chi connectivity index (χ1v) is 10.7. The third-order valence-corrected chi connectivity index (χ3v) is 6.74. The van der Waals surface area contributed by atoms with Gasteiger partial charge < -0.3 is 14.7 Å². The van der Waals surface area contributed by atoms with E-state index in [4.69, 9.17) is 9.73 Å². The van der Waals surface area contributed by atoms with Gasteiger partial charge >= 0.3 is 0 Å². The highest BCUT2D eigenvalue weighted by atomic mass is 16.5. The third-order valence-electron chi connectivity index (χ3n) is 6.74. The second-order valence-corrected chi connectivity index (χ2v) is 9.10. The van der Waals surface area contributed by atoms with Crippen LogP contribution in [0.3, 0.4) is 0 Å². The summed E-state index contributed by atoms with van der Waals surface area (Å²) in [4.78, 5) is 7.29. The first kappa shape index (κ1) is 19.1. The van der Waals surface area contributed by atoms with Crippen LogP contribution in [0.15, 0.2) is 40.9 Å². The molecule has 5 unspecified atom stereocenters. The monoisotopic (exact) mass is 370 g/mol. The van der Waals surface area contributed by atoms with Crippen LogP contribution in [-0.2, 0) is 4.74 Å². The molecular formula is C23H34N2O2. The largest absolute Gasteiger partial charge is 0.390 e. The lowest BCUT2D eigenvalue weighted by molar-refractivity contribution is 0.000893. The highest BCUT2D eigenvalue weighted by Gasteiger charge is 2.41. The molecule has 4 nitrogen and oxygen atoms in total. The molecule has 0 aromatic carbocycles. The van der Waals surface area contributed by atoms with Gasteiger partial charge in [0.2, 0.25) is 0 Å². The topological polar surface area (TPSA) is 45.1 Å². The number of aliphatic hydroxyl groups is 1. The van der Waals surface area contributed by atoms with Gasteiger partial charge in [-0.2, -0.15) is 0 Å². The van der Waals surface area contributed by atoms with Crippen LogP contribution < -0.4 is 0 Å². The number of aliphatic imine (C=N–C) groups is 1. The molecule has 0 amide bonds. The summed E-state index contributed by atoms with van der Waals surface area (Å²) in [6, 6.07) is 0.188. The summed E-state index contributed by atoms with van der Waals surface area (Å²) >= 11 is 0. The number of nitrogens with zero attached hydrogens (tertiary/aromatic N) is 2.